The summed E-state index contributed by atoms with van der Waals surface area (Å²) in [5.74, 6) is 0. The Labute approximate surface area is 173 Å². The molecule has 0 amide bonds. The predicted molar refractivity (Wildman–Crippen MR) is 117 cm³/mol. The minimum Gasteiger partial charge on any atom is -0.405 e. The van der Waals surface area contributed by atoms with Gasteiger partial charge in [-0.15, -0.1) is 0 Å². The zero-order chi connectivity index (χ0) is 21.7. The van der Waals surface area contributed by atoms with Gasteiger partial charge in [-0.1, -0.05) is 81.4 Å². The maximum atomic E-state index is 10.5. The van der Waals surface area contributed by atoms with Crippen molar-refractivity contribution in [2.24, 2.45) is 5.73 Å². The Morgan fingerprint density at radius 2 is 1.21 bits per heavy atom. The number of benzene rings is 2. The second-order valence-corrected chi connectivity index (χ2v) is 12.6. The van der Waals surface area contributed by atoms with Crippen LogP contribution in [-0.4, -0.2) is 66.3 Å². The molecule has 0 heterocycles. The van der Waals surface area contributed by atoms with Crippen LogP contribution in [0.15, 0.2) is 60.7 Å². The van der Waals surface area contributed by atoms with Crippen LogP contribution in [0.3, 0.4) is 0 Å². The normalized spacial score (nSPS) is 16.8. The molecule has 0 radical (unpaired) electrons. The lowest BCUT2D eigenvalue weighted by molar-refractivity contribution is -0.111. The van der Waals surface area contributed by atoms with Gasteiger partial charge in [0.05, 0.1) is 12.7 Å². The summed E-state index contributed by atoms with van der Waals surface area (Å²) >= 11 is 0. The smallest absolute Gasteiger partial charge is 0.261 e. The Bertz CT molecular complexity index is 698. The molecule has 0 aliphatic heterocycles. The van der Waals surface area contributed by atoms with E-state index in [1.165, 1.54) is 0 Å². The molecule has 0 saturated carbocycles. The molecule has 0 fully saturated rings. The Hall–Kier alpha value is -1.58. The van der Waals surface area contributed by atoms with Crippen LogP contribution in [0, 0.1) is 0 Å². The largest absolute Gasteiger partial charge is 0.405 e. The number of rotatable bonds is 9. The summed E-state index contributed by atoms with van der Waals surface area (Å²) in [5.41, 5.74) is 5.34. The fraction of sp³-hybridized carbons (Fsp3) is 0.455. The Morgan fingerprint density at radius 1 is 0.793 bits per heavy atom. The lowest BCUT2D eigenvalue weighted by Gasteiger charge is -2.43. The maximum Gasteiger partial charge on any atom is 0.261 e. The van der Waals surface area contributed by atoms with Gasteiger partial charge in [0, 0.05) is 6.54 Å². The average molecular weight is 420 g/mol. The van der Waals surface area contributed by atoms with Crippen molar-refractivity contribution in [1.82, 2.24) is 0 Å². The van der Waals surface area contributed by atoms with Crippen molar-refractivity contribution in [2.45, 2.75) is 50.2 Å². The van der Waals surface area contributed by atoms with Crippen LogP contribution in [0.1, 0.15) is 20.8 Å². The standard InChI is InChI=1S/C22H33NO5Si/c1-22(2,3)29(16-10-6-4-7-11-16,17-12-8-5-9-13-17)28-15-19(25)21(27)20(26)18(24)14-23/h4-13,18-21,24-27H,14-15,23H2,1-3H3. The fourth-order valence-corrected chi connectivity index (χ4v) is 8.24. The lowest BCUT2D eigenvalue weighted by Crippen LogP contribution is -2.67. The lowest BCUT2D eigenvalue weighted by atomic mass is 10.0. The summed E-state index contributed by atoms with van der Waals surface area (Å²) in [6.45, 7) is 5.91. The first-order chi connectivity index (χ1) is 13.6. The monoisotopic (exact) mass is 419 g/mol. The minimum absolute atomic E-state index is 0.192. The number of aliphatic hydroxyl groups is 4. The van der Waals surface area contributed by atoms with Gasteiger partial charge in [-0.3, -0.25) is 0 Å². The zero-order valence-electron chi connectivity index (χ0n) is 17.3. The van der Waals surface area contributed by atoms with Crippen LogP contribution >= 0.6 is 0 Å². The molecule has 160 valence electrons. The van der Waals surface area contributed by atoms with Gasteiger partial charge in [-0.2, -0.15) is 0 Å². The highest BCUT2D eigenvalue weighted by Gasteiger charge is 2.50. The van der Waals surface area contributed by atoms with E-state index in [1.807, 2.05) is 60.7 Å². The number of hydrogen-bond donors (Lipinski definition) is 5. The molecule has 2 aromatic carbocycles. The van der Waals surface area contributed by atoms with E-state index in [0.717, 1.165) is 10.4 Å². The molecule has 4 unspecified atom stereocenters. The molecular weight excluding hydrogens is 386 g/mol. The Morgan fingerprint density at radius 3 is 1.59 bits per heavy atom. The van der Waals surface area contributed by atoms with E-state index in [0.29, 0.717) is 0 Å². The molecule has 2 rings (SSSR count). The quantitative estimate of drug-likeness (QED) is 0.365. The molecule has 6 N–H and O–H groups in total. The van der Waals surface area contributed by atoms with E-state index < -0.39 is 32.7 Å². The van der Waals surface area contributed by atoms with Crippen LogP contribution in [0.5, 0.6) is 0 Å². The fourth-order valence-electron chi connectivity index (χ4n) is 3.67. The summed E-state index contributed by atoms with van der Waals surface area (Å²) in [6.07, 6.45) is -5.84. The van der Waals surface area contributed by atoms with Gasteiger partial charge in [0.2, 0.25) is 0 Å². The van der Waals surface area contributed by atoms with Gasteiger partial charge < -0.3 is 30.6 Å². The average Bonchev–Trinajstić information content (AvgIpc) is 2.72. The van der Waals surface area contributed by atoms with Crippen LogP contribution in [0.2, 0.25) is 5.04 Å². The van der Waals surface area contributed by atoms with E-state index >= 15 is 0 Å². The Balaban J connectivity index is 2.41. The third-order valence-corrected chi connectivity index (χ3v) is 10.3. The molecular formula is C22H33NO5Si. The summed E-state index contributed by atoms with van der Waals surface area (Å²) < 4.78 is 6.52. The summed E-state index contributed by atoms with van der Waals surface area (Å²) in [5, 5.41) is 42.2. The van der Waals surface area contributed by atoms with Crippen molar-refractivity contribution in [2.75, 3.05) is 13.2 Å². The van der Waals surface area contributed by atoms with E-state index in [1.54, 1.807) is 0 Å². The van der Waals surface area contributed by atoms with Crippen LogP contribution in [-0.2, 0) is 4.43 Å². The molecule has 0 aromatic heterocycles. The first-order valence-electron chi connectivity index (χ1n) is 9.82. The molecule has 0 aliphatic carbocycles. The van der Waals surface area contributed by atoms with Gasteiger partial charge >= 0.3 is 0 Å². The molecule has 29 heavy (non-hydrogen) atoms. The van der Waals surface area contributed by atoms with Gasteiger partial charge in [-0.05, 0) is 15.4 Å². The van der Waals surface area contributed by atoms with Crippen molar-refractivity contribution >= 4 is 18.7 Å². The SMILES string of the molecule is CC(C)(C)[Si](OCC(O)C(O)C(O)C(O)CN)(c1ccccc1)c1ccccc1. The summed E-state index contributed by atoms with van der Waals surface area (Å²) in [4.78, 5) is 0. The van der Waals surface area contributed by atoms with Crippen molar-refractivity contribution in [3.8, 4) is 0 Å². The topological polar surface area (TPSA) is 116 Å². The summed E-state index contributed by atoms with van der Waals surface area (Å²) in [7, 11) is -2.87. The molecule has 0 saturated heterocycles. The highest BCUT2D eigenvalue weighted by atomic mass is 28.4. The molecule has 0 aliphatic rings. The van der Waals surface area contributed by atoms with Crippen LogP contribution in [0.4, 0.5) is 0 Å². The first-order valence-corrected chi connectivity index (χ1v) is 11.7. The zero-order valence-corrected chi connectivity index (χ0v) is 18.3. The van der Waals surface area contributed by atoms with Crippen LogP contribution in [0.25, 0.3) is 0 Å². The summed E-state index contributed by atoms with van der Waals surface area (Å²) in [6, 6.07) is 19.8. The maximum absolute atomic E-state index is 10.5. The highest BCUT2D eigenvalue weighted by Crippen LogP contribution is 2.36. The van der Waals surface area contributed by atoms with Crippen molar-refractivity contribution in [3.05, 3.63) is 60.7 Å². The number of nitrogens with two attached hydrogens (primary N) is 1. The second-order valence-electron chi connectivity index (χ2n) is 8.33. The first kappa shape index (κ1) is 23.7. The third kappa shape index (κ3) is 5.13. The van der Waals surface area contributed by atoms with Crippen LogP contribution < -0.4 is 16.1 Å². The van der Waals surface area contributed by atoms with Gasteiger partial charge in [-0.25, -0.2) is 0 Å². The molecule has 0 bridgehead atoms. The molecule has 2 aromatic rings. The van der Waals surface area contributed by atoms with Crippen molar-refractivity contribution in [1.29, 1.82) is 0 Å². The minimum atomic E-state index is -2.87. The van der Waals surface area contributed by atoms with Crippen molar-refractivity contribution in [3.63, 3.8) is 0 Å². The highest BCUT2D eigenvalue weighted by molar-refractivity contribution is 6.99. The predicted octanol–water partition coefficient (Wildman–Crippen LogP) is -0.0347. The Kier molecular flexibility index (Phi) is 8.13. The second kappa shape index (κ2) is 9.95. The molecule has 4 atom stereocenters. The van der Waals surface area contributed by atoms with E-state index in [9.17, 15) is 20.4 Å². The van der Waals surface area contributed by atoms with Gasteiger partial charge in [0.1, 0.15) is 18.3 Å². The van der Waals surface area contributed by atoms with Gasteiger partial charge in [0.15, 0.2) is 0 Å². The van der Waals surface area contributed by atoms with E-state index in [2.05, 4.69) is 20.8 Å². The molecule has 6 nitrogen and oxygen atoms in total. The number of aliphatic hydroxyl groups excluding tert-OH is 4. The van der Waals surface area contributed by atoms with E-state index in [4.69, 9.17) is 10.2 Å². The third-order valence-electron chi connectivity index (χ3n) is 5.27. The van der Waals surface area contributed by atoms with E-state index in [-0.39, 0.29) is 18.2 Å². The number of hydrogen-bond acceptors (Lipinski definition) is 6. The molecule has 0 spiro atoms. The van der Waals surface area contributed by atoms with Crippen molar-refractivity contribution < 1.29 is 24.9 Å². The van der Waals surface area contributed by atoms with Gasteiger partial charge in [0.25, 0.3) is 8.32 Å². The molecule has 7 heteroatoms.